The number of nitrogens with one attached hydrogen (secondary N) is 3. The fourth-order valence-corrected chi connectivity index (χ4v) is 1.77. The summed E-state index contributed by atoms with van der Waals surface area (Å²) in [6.07, 6.45) is 0. The monoisotopic (exact) mass is 255 g/mol. The van der Waals surface area contributed by atoms with Crippen molar-refractivity contribution in [3.8, 4) is 0 Å². The number of likely N-dealkylation sites (N-methyl/N-ethyl adjacent to an activating group) is 1. The lowest BCUT2D eigenvalue weighted by Gasteiger charge is -2.19. The Kier molecular flexibility index (Phi) is 4.53. The van der Waals surface area contributed by atoms with E-state index in [1.165, 1.54) is 0 Å². The molecule has 1 amide bonds. The SMILES string of the molecule is CNC(=O)C(NNc1ccccc1)c1ccccc1. The number of amides is 1. The fraction of sp³-hybridized carbons (Fsp3) is 0.133. The van der Waals surface area contributed by atoms with Gasteiger partial charge in [0.2, 0.25) is 5.91 Å². The molecule has 0 saturated carbocycles. The molecular formula is C15H17N3O. The second-order valence-electron chi connectivity index (χ2n) is 4.09. The van der Waals surface area contributed by atoms with Crippen LogP contribution in [0.1, 0.15) is 11.6 Å². The average Bonchev–Trinajstić information content (AvgIpc) is 2.49. The molecule has 0 heterocycles. The molecule has 2 rings (SSSR count). The maximum atomic E-state index is 11.9. The van der Waals surface area contributed by atoms with E-state index in [1.807, 2.05) is 60.7 Å². The Bertz CT molecular complexity index is 513. The number of rotatable bonds is 5. The van der Waals surface area contributed by atoms with Gasteiger partial charge in [-0.15, -0.1) is 0 Å². The minimum absolute atomic E-state index is 0.0883. The average molecular weight is 255 g/mol. The molecule has 98 valence electrons. The van der Waals surface area contributed by atoms with Gasteiger partial charge in [-0.05, 0) is 17.7 Å². The molecule has 2 aromatic carbocycles. The Labute approximate surface area is 112 Å². The summed E-state index contributed by atoms with van der Waals surface area (Å²) in [6, 6.07) is 18.8. The van der Waals surface area contributed by atoms with Crippen molar-refractivity contribution in [3.63, 3.8) is 0 Å². The first-order valence-corrected chi connectivity index (χ1v) is 6.14. The molecule has 4 heteroatoms. The van der Waals surface area contributed by atoms with E-state index in [4.69, 9.17) is 0 Å². The molecule has 0 radical (unpaired) electrons. The molecule has 0 spiro atoms. The van der Waals surface area contributed by atoms with Crippen LogP contribution in [-0.4, -0.2) is 13.0 Å². The summed E-state index contributed by atoms with van der Waals surface area (Å²) >= 11 is 0. The topological polar surface area (TPSA) is 53.2 Å². The van der Waals surface area contributed by atoms with E-state index in [-0.39, 0.29) is 5.91 Å². The van der Waals surface area contributed by atoms with Gasteiger partial charge in [0, 0.05) is 12.7 Å². The molecule has 0 fully saturated rings. The van der Waals surface area contributed by atoms with Crippen molar-refractivity contribution >= 4 is 11.6 Å². The van der Waals surface area contributed by atoms with Crippen molar-refractivity contribution < 1.29 is 4.79 Å². The Morgan fingerprint density at radius 1 is 0.947 bits per heavy atom. The van der Waals surface area contributed by atoms with Gasteiger partial charge in [0.1, 0.15) is 6.04 Å². The number of hydrogen-bond donors (Lipinski definition) is 3. The minimum Gasteiger partial charge on any atom is -0.357 e. The number of benzene rings is 2. The van der Waals surface area contributed by atoms with Crippen molar-refractivity contribution in [1.82, 2.24) is 10.7 Å². The highest BCUT2D eigenvalue weighted by molar-refractivity contribution is 5.83. The molecule has 0 aliphatic carbocycles. The van der Waals surface area contributed by atoms with Crippen molar-refractivity contribution in [2.75, 3.05) is 12.5 Å². The summed E-state index contributed by atoms with van der Waals surface area (Å²) in [5, 5.41) is 2.66. The van der Waals surface area contributed by atoms with Gasteiger partial charge >= 0.3 is 0 Å². The lowest BCUT2D eigenvalue weighted by atomic mass is 10.1. The highest BCUT2D eigenvalue weighted by Crippen LogP contribution is 2.13. The summed E-state index contributed by atoms with van der Waals surface area (Å²) in [6.45, 7) is 0. The van der Waals surface area contributed by atoms with E-state index in [9.17, 15) is 4.79 Å². The first kappa shape index (κ1) is 13.1. The normalized spacial score (nSPS) is 11.6. The molecule has 19 heavy (non-hydrogen) atoms. The van der Waals surface area contributed by atoms with E-state index in [0.29, 0.717) is 0 Å². The van der Waals surface area contributed by atoms with E-state index in [1.54, 1.807) is 7.05 Å². The molecule has 0 saturated heterocycles. The van der Waals surface area contributed by atoms with E-state index in [0.717, 1.165) is 11.3 Å². The third-order valence-electron chi connectivity index (χ3n) is 2.78. The zero-order valence-corrected chi connectivity index (χ0v) is 10.8. The van der Waals surface area contributed by atoms with E-state index < -0.39 is 6.04 Å². The van der Waals surface area contributed by atoms with Gasteiger partial charge in [-0.1, -0.05) is 48.5 Å². The molecule has 0 bridgehead atoms. The predicted molar refractivity (Wildman–Crippen MR) is 76.5 cm³/mol. The molecular weight excluding hydrogens is 238 g/mol. The van der Waals surface area contributed by atoms with Gasteiger partial charge in [0.05, 0.1) is 0 Å². The van der Waals surface area contributed by atoms with E-state index >= 15 is 0 Å². The van der Waals surface area contributed by atoms with Crippen molar-refractivity contribution in [2.24, 2.45) is 0 Å². The first-order chi connectivity index (χ1) is 9.31. The van der Waals surface area contributed by atoms with Crippen molar-refractivity contribution in [1.29, 1.82) is 0 Å². The van der Waals surface area contributed by atoms with Crippen LogP contribution in [0.2, 0.25) is 0 Å². The zero-order valence-electron chi connectivity index (χ0n) is 10.8. The Balaban J connectivity index is 2.09. The Hall–Kier alpha value is -2.33. The second kappa shape index (κ2) is 6.56. The van der Waals surface area contributed by atoms with Crippen LogP contribution in [0.3, 0.4) is 0 Å². The summed E-state index contributed by atoms with van der Waals surface area (Å²) in [5.41, 5.74) is 7.91. The highest BCUT2D eigenvalue weighted by atomic mass is 16.2. The summed E-state index contributed by atoms with van der Waals surface area (Å²) in [4.78, 5) is 11.9. The van der Waals surface area contributed by atoms with Crippen molar-refractivity contribution in [2.45, 2.75) is 6.04 Å². The van der Waals surface area contributed by atoms with Crippen LogP contribution >= 0.6 is 0 Å². The van der Waals surface area contributed by atoms with E-state index in [2.05, 4.69) is 16.2 Å². The fourth-order valence-electron chi connectivity index (χ4n) is 1.77. The van der Waals surface area contributed by atoms with Gasteiger partial charge in [-0.2, -0.15) is 0 Å². The number of hydrazine groups is 1. The minimum atomic E-state index is -0.439. The molecule has 4 nitrogen and oxygen atoms in total. The number of carbonyl (C=O) groups excluding carboxylic acids is 1. The maximum absolute atomic E-state index is 11.9. The summed E-state index contributed by atoms with van der Waals surface area (Å²) < 4.78 is 0. The third-order valence-corrected chi connectivity index (χ3v) is 2.78. The van der Waals surface area contributed by atoms with Crippen LogP contribution in [0.5, 0.6) is 0 Å². The molecule has 1 unspecified atom stereocenters. The smallest absolute Gasteiger partial charge is 0.243 e. The predicted octanol–water partition coefficient (Wildman–Crippen LogP) is 2.09. The highest BCUT2D eigenvalue weighted by Gasteiger charge is 2.18. The molecule has 0 aliphatic heterocycles. The maximum Gasteiger partial charge on any atom is 0.243 e. The standard InChI is InChI=1S/C15H17N3O/c1-16-15(19)14(12-8-4-2-5-9-12)18-17-13-10-6-3-7-11-13/h2-11,14,17-18H,1H3,(H,16,19). The van der Waals surface area contributed by atoms with Gasteiger partial charge < -0.3 is 10.7 Å². The van der Waals surface area contributed by atoms with Gasteiger partial charge in [0.15, 0.2) is 0 Å². The Morgan fingerprint density at radius 3 is 2.11 bits per heavy atom. The van der Waals surface area contributed by atoms with Crippen LogP contribution in [0.25, 0.3) is 0 Å². The second-order valence-corrected chi connectivity index (χ2v) is 4.09. The number of anilines is 1. The van der Waals surface area contributed by atoms with Gasteiger partial charge in [-0.3, -0.25) is 4.79 Å². The molecule has 0 aromatic heterocycles. The van der Waals surface area contributed by atoms with Gasteiger partial charge in [0.25, 0.3) is 0 Å². The third kappa shape index (κ3) is 3.56. The van der Waals surface area contributed by atoms with Crippen LogP contribution in [0, 0.1) is 0 Å². The lowest BCUT2D eigenvalue weighted by Crippen LogP contribution is -2.38. The zero-order chi connectivity index (χ0) is 13.5. The number of para-hydroxylation sites is 1. The molecule has 3 N–H and O–H groups in total. The van der Waals surface area contributed by atoms with Gasteiger partial charge in [-0.25, -0.2) is 5.43 Å². The number of hydrogen-bond acceptors (Lipinski definition) is 3. The summed E-state index contributed by atoms with van der Waals surface area (Å²) in [5.74, 6) is -0.0883. The quantitative estimate of drug-likeness (QED) is 0.717. The Morgan fingerprint density at radius 2 is 1.53 bits per heavy atom. The number of carbonyl (C=O) groups is 1. The molecule has 2 aromatic rings. The first-order valence-electron chi connectivity index (χ1n) is 6.14. The van der Waals surface area contributed by atoms with Crippen molar-refractivity contribution in [3.05, 3.63) is 66.2 Å². The van der Waals surface area contributed by atoms with Crippen LogP contribution in [0.15, 0.2) is 60.7 Å². The van der Waals surface area contributed by atoms with Crippen LogP contribution < -0.4 is 16.2 Å². The van der Waals surface area contributed by atoms with Crippen LogP contribution in [-0.2, 0) is 4.79 Å². The molecule has 0 aliphatic rings. The lowest BCUT2D eigenvalue weighted by molar-refractivity contribution is -0.122. The van der Waals surface area contributed by atoms with Crippen LogP contribution in [0.4, 0.5) is 5.69 Å². The summed E-state index contributed by atoms with van der Waals surface area (Å²) in [7, 11) is 1.63. The largest absolute Gasteiger partial charge is 0.357 e. The molecule has 1 atom stereocenters.